The molecule has 6 nitrogen and oxygen atoms in total. The summed E-state index contributed by atoms with van der Waals surface area (Å²) in [5.41, 5.74) is 2.30. The Bertz CT molecular complexity index is 618. The third-order valence-corrected chi connectivity index (χ3v) is 4.51. The number of furan rings is 1. The second-order valence-corrected chi connectivity index (χ2v) is 6.47. The maximum Gasteiger partial charge on any atom is 0.117 e. The zero-order chi connectivity index (χ0) is 14.9. The number of rotatable bonds is 6. The van der Waals surface area contributed by atoms with E-state index in [1.165, 1.54) is 18.5 Å². The summed E-state index contributed by atoms with van der Waals surface area (Å²) in [7, 11) is 1.97. The lowest BCUT2D eigenvalue weighted by Gasteiger charge is -2.31. The van der Waals surface area contributed by atoms with Crippen LogP contribution in [0.2, 0.25) is 0 Å². The summed E-state index contributed by atoms with van der Waals surface area (Å²) < 4.78 is 13.3. The van der Waals surface area contributed by atoms with Crippen LogP contribution in [0.25, 0.3) is 0 Å². The molecule has 4 rings (SSSR count). The molecule has 1 fully saturated rings. The van der Waals surface area contributed by atoms with Gasteiger partial charge in [0.15, 0.2) is 0 Å². The quantitative estimate of drug-likeness (QED) is 0.816. The van der Waals surface area contributed by atoms with Crippen LogP contribution >= 0.6 is 0 Å². The van der Waals surface area contributed by atoms with E-state index >= 15 is 0 Å². The molecule has 1 aliphatic heterocycles. The van der Waals surface area contributed by atoms with Crippen molar-refractivity contribution in [2.45, 2.75) is 31.8 Å². The van der Waals surface area contributed by atoms with E-state index < -0.39 is 0 Å². The lowest BCUT2D eigenvalue weighted by molar-refractivity contribution is 0.0849. The first-order valence-corrected chi connectivity index (χ1v) is 8.00. The van der Waals surface area contributed by atoms with E-state index in [2.05, 4.69) is 15.2 Å². The second-order valence-electron chi connectivity index (χ2n) is 6.47. The fourth-order valence-corrected chi connectivity index (χ4v) is 3.23. The van der Waals surface area contributed by atoms with Crippen LogP contribution in [0.15, 0.2) is 22.8 Å². The van der Waals surface area contributed by atoms with E-state index in [9.17, 15) is 0 Å². The Morgan fingerprint density at radius 1 is 1.36 bits per heavy atom. The summed E-state index contributed by atoms with van der Waals surface area (Å²) in [5.74, 6) is 2.12. The van der Waals surface area contributed by atoms with Crippen molar-refractivity contribution in [3.63, 3.8) is 0 Å². The molecule has 0 bridgehead atoms. The van der Waals surface area contributed by atoms with Crippen LogP contribution < -0.4 is 0 Å². The Morgan fingerprint density at radius 2 is 2.27 bits per heavy atom. The molecule has 6 heteroatoms. The molecule has 0 amide bonds. The standard InChI is InChI=1S/C16H22N4O2/c1-19-16-13(11-21-10-12-4-5-12)7-20(9-15(16)17-18-19)8-14-3-2-6-22-14/h2-3,6,12-13H,4-5,7-11H2,1H3. The number of nitrogens with zero attached hydrogens (tertiary/aromatic N) is 4. The van der Waals surface area contributed by atoms with Crippen LogP contribution in [-0.2, 0) is 24.9 Å². The summed E-state index contributed by atoms with van der Waals surface area (Å²) in [5, 5.41) is 8.52. The highest BCUT2D eigenvalue weighted by molar-refractivity contribution is 5.20. The van der Waals surface area contributed by atoms with Gasteiger partial charge in [-0.25, -0.2) is 0 Å². The predicted molar refractivity (Wildman–Crippen MR) is 80.1 cm³/mol. The van der Waals surface area contributed by atoms with Crippen molar-refractivity contribution in [1.29, 1.82) is 0 Å². The van der Waals surface area contributed by atoms with Gasteiger partial charge in [-0.3, -0.25) is 9.58 Å². The Hall–Kier alpha value is -1.66. The van der Waals surface area contributed by atoms with E-state index in [1.54, 1.807) is 6.26 Å². The summed E-state index contributed by atoms with van der Waals surface area (Å²) in [6.07, 6.45) is 4.38. The first kappa shape index (κ1) is 14.0. The zero-order valence-corrected chi connectivity index (χ0v) is 12.9. The van der Waals surface area contributed by atoms with Gasteiger partial charge in [-0.15, -0.1) is 5.10 Å². The Kier molecular flexibility index (Phi) is 3.72. The van der Waals surface area contributed by atoms with Crippen LogP contribution in [0, 0.1) is 5.92 Å². The van der Waals surface area contributed by atoms with E-state index in [4.69, 9.17) is 9.15 Å². The number of fused-ring (bicyclic) bond motifs is 1. The first-order chi connectivity index (χ1) is 10.8. The molecule has 3 heterocycles. The summed E-state index contributed by atoms with van der Waals surface area (Å²) in [6, 6.07) is 3.95. The second kappa shape index (κ2) is 5.85. The fourth-order valence-electron chi connectivity index (χ4n) is 3.23. The molecule has 118 valence electrons. The lowest BCUT2D eigenvalue weighted by atomic mass is 9.99. The molecular weight excluding hydrogens is 280 g/mol. The van der Waals surface area contributed by atoms with Gasteiger partial charge in [-0.2, -0.15) is 0 Å². The summed E-state index contributed by atoms with van der Waals surface area (Å²) in [4.78, 5) is 2.36. The van der Waals surface area contributed by atoms with Gasteiger partial charge in [-0.05, 0) is 30.9 Å². The molecule has 1 unspecified atom stereocenters. The normalized spacial score (nSPS) is 22.0. The van der Waals surface area contributed by atoms with Crippen LogP contribution in [0.4, 0.5) is 0 Å². The van der Waals surface area contributed by atoms with Crippen molar-refractivity contribution in [3.05, 3.63) is 35.5 Å². The highest BCUT2D eigenvalue weighted by atomic mass is 16.5. The van der Waals surface area contributed by atoms with Gasteiger partial charge >= 0.3 is 0 Å². The van der Waals surface area contributed by atoms with E-state index in [-0.39, 0.29) is 0 Å². The highest BCUT2D eigenvalue weighted by Crippen LogP contribution is 2.31. The van der Waals surface area contributed by atoms with Gasteiger partial charge in [-0.1, -0.05) is 5.21 Å². The molecular formula is C16H22N4O2. The monoisotopic (exact) mass is 302 g/mol. The third-order valence-electron chi connectivity index (χ3n) is 4.51. The van der Waals surface area contributed by atoms with Gasteiger partial charge in [0.2, 0.25) is 0 Å². The van der Waals surface area contributed by atoms with E-state index in [0.717, 1.165) is 50.2 Å². The Morgan fingerprint density at radius 3 is 3.05 bits per heavy atom. The number of aryl methyl sites for hydroxylation is 1. The van der Waals surface area contributed by atoms with Crippen molar-refractivity contribution >= 4 is 0 Å². The largest absolute Gasteiger partial charge is 0.468 e. The summed E-state index contributed by atoms with van der Waals surface area (Å²) in [6.45, 7) is 4.24. The van der Waals surface area contributed by atoms with Gasteiger partial charge in [0, 0.05) is 32.7 Å². The SMILES string of the molecule is Cn1nnc2c1C(COCC1CC1)CN(Cc1ccco1)C2. The molecule has 0 N–H and O–H groups in total. The minimum atomic E-state index is 0.331. The molecule has 1 atom stereocenters. The summed E-state index contributed by atoms with van der Waals surface area (Å²) >= 11 is 0. The fraction of sp³-hybridized carbons (Fsp3) is 0.625. The maximum atomic E-state index is 5.94. The van der Waals surface area contributed by atoms with Gasteiger partial charge in [0.1, 0.15) is 11.5 Å². The average Bonchev–Trinajstić information content (AvgIpc) is 3.04. The Labute approximate surface area is 130 Å². The number of aromatic nitrogens is 3. The maximum absolute atomic E-state index is 5.94. The molecule has 0 spiro atoms. The van der Waals surface area contributed by atoms with Gasteiger partial charge in [0.05, 0.1) is 25.1 Å². The number of hydrogen-bond acceptors (Lipinski definition) is 5. The molecule has 2 aliphatic rings. The Balaban J connectivity index is 1.46. The minimum absolute atomic E-state index is 0.331. The van der Waals surface area contributed by atoms with E-state index in [1.807, 2.05) is 23.9 Å². The van der Waals surface area contributed by atoms with Crippen LogP contribution in [-0.4, -0.2) is 39.7 Å². The zero-order valence-electron chi connectivity index (χ0n) is 12.9. The molecule has 0 radical (unpaired) electrons. The van der Waals surface area contributed by atoms with Crippen molar-refractivity contribution < 1.29 is 9.15 Å². The van der Waals surface area contributed by atoms with Crippen molar-refractivity contribution in [2.24, 2.45) is 13.0 Å². The van der Waals surface area contributed by atoms with Crippen LogP contribution in [0.1, 0.15) is 35.9 Å². The minimum Gasteiger partial charge on any atom is -0.468 e. The smallest absolute Gasteiger partial charge is 0.117 e. The molecule has 22 heavy (non-hydrogen) atoms. The van der Waals surface area contributed by atoms with Crippen molar-refractivity contribution in [3.8, 4) is 0 Å². The molecule has 0 saturated heterocycles. The molecule has 1 saturated carbocycles. The number of hydrogen-bond donors (Lipinski definition) is 0. The molecule has 2 aromatic rings. The molecule has 2 aromatic heterocycles. The highest BCUT2D eigenvalue weighted by Gasteiger charge is 2.31. The first-order valence-electron chi connectivity index (χ1n) is 8.00. The average molecular weight is 302 g/mol. The van der Waals surface area contributed by atoms with Gasteiger partial charge < -0.3 is 9.15 Å². The molecule has 0 aromatic carbocycles. The van der Waals surface area contributed by atoms with E-state index in [0.29, 0.717) is 5.92 Å². The van der Waals surface area contributed by atoms with Crippen LogP contribution in [0.5, 0.6) is 0 Å². The van der Waals surface area contributed by atoms with Crippen molar-refractivity contribution in [1.82, 2.24) is 19.9 Å². The van der Waals surface area contributed by atoms with Gasteiger partial charge in [0.25, 0.3) is 0 Å². The predicted octanol–water partition coefficient (Wildman–Crippen LogP) is 1.93. The topological polar surface area (TPSA) is 56.3 Å². The third kappa shape index (κ3) is 2.94. The van der Waals surface area contributed by atoms with Crippen molar-refractivity contribution in [2.75, 3.05) is 19.8 Å². The molecule has 1 aliphatic carbocycles. The van der Waals surface area contributed by atoms with Crippen LogP contribution in [0.3, 0.4) is 0 Å². The number of ether oxygens (including phenoxy) is 1. The lowest BCUT2D eigenvalue weighted by Crippen LogP contribution is -2.36.